The Kier molecular flexibility index (Phi) is 3.74. The van der Waals surface area contributed by atoms with Gasteiger partial charge >= 0.3 is 0 Å². The standard InChI is InChI=1S/C21H30O5/c1-20-7-6-12(23)8-11(20)2-3-13-14-4-5-15(16(24)10-22)21(14)9-17(18(13)20)26-19(21)25/h11,13-15,17-19,22,25H,2-10H2,1H3/t11-,13+,14+,15-,17-,18-,19?,20+,21?/m1/s1. The van der Waals surface area contributed by atoms with Gasteiger partial charge in [0, 0.05) is 24.2 Å². The molecular weight excluding hydrogens is 332 g/mol. The van der Waals surface area contributed by atoms with E-state index in [4.69, 9.17) is 4.74 Å². The maximum Gasteiger partial charge on any atom is 0.162 e. The highest BCUT2D eigenvalue weighted by atomic mass is 16.6. The second-order valence-electron chi connectivity index (χ2n) is 9.92. The van der Waals surface area contributed by atoms with Crippen LogP contribution in [0, 0.1) is 40.4 Å². The quantitative estimate of drug-likeness (QED) is 0.786. The van der Waals surface area contributed by atoms with Crippen LogP contribution in [-0.2, 0) is 14.3 Å². The molecule has 2 N–H and O–H groups in total. The molecule has 0 aromatic heterocycles. The molecule has 5 fully saturated rings. The van der Waals surface area contributed by atoms with E-state index in [1.54, 1.807) is 0 Å². The van der Waals surface area contributed by atoms with Crippen LogP contribution in [0.3, 0.4) is 0 Å². The summed E-state index contributed by atoms with van der Waals surface area (Å²) in [5, 5.41) is 20.4. The van der Waals surface area contributed by atoms with E-state index >= 15 is 0 Å². The fourth-order valence-electron chi connectivity index (χ4n) is 8.28. The van der Waals surface area contributed by atoms with E-state index in [0.29, 0.717) is 42.3 Å². The Balaban J connectivity index is 1.54. The first kappa shape index (κ1) is 17.3. The number of ether oxygens (including phenoxy) is 1. The van der Waals surface area contributed by atoms with Crippen molar-refractivity contribution in [1.82, 2.24) is 0 Å². The molecule has 4 aliphatic carbocycles. The number of Topliss-reactive ketones (excluding diaryl/α,β-unsaturated/α-hetero) is 2. The number of hydrogen-bond acceptors (Lipinski definition) is 5. The lowest BCUT2D eigenvalue weighted by atomic mass is 9.44. The predicted octanol–water partition coefficient (Wildman–Crippen LogP) is 2.08. The van der Waals surface area contributed by atoms with Crippen molar-refractivity contribution in [2.75, 3.05) is 6.61 Å². The monoisotopic (exact) mass is 362 g/mol. The number of rotatable bonds is 2. The fraction of sp³-hybridized carbons (Fsp3) is 0.905. The Morgan fingerprint density at radius 2 is 2.08 bits per heavy atom. The van der Waals surface area contributed by atoms with E-state index in [9.17, 15) is 19.8 Å². The summed E-state index contributed by atoms with van der Waals surface area (Å²) in [5.74, 6) is 1.60. The summed E-state index contributed by atoms with van der Waals surface area (Å²) in [5.41, 5.74) is -0.379. The number of aliphatic hydroxyl groups excluding tert-OH is 2. The highest BCUT2D eigenvalue weighted by molar-refractivity contribution is 5.83. The van der Waals surface area contributed by atoms with Gasteiger partial charge < -0.3 is 14.9 Å². The summed E-state index contributed by atoms with van der Waals surface area (Å²) in [6, 6.07) is 0. The molecule has 5 rings (SSSR count). The van der Waals surface area contributed by atoms with Gasteiger partial charge in [-0.3, -0.25) is 9.59 Å². The van der Waals surface area contributed by atoms with Gasteiger partial charge in [0.1, 0.15) is 12.4 Å². The number of carbonyl (C=O) groups is 2. The van der Waals surface area contributed by atoms with Gasteiger partial charge in [0.25, 0.3) is 0 Å². The normalized spacial score (nSPS) is 55.2. The van der Waals surface area contributed by atoms with Gasteiger partial charge in [0.15, 0.2) is 12.1 Å². The van der Waals surface area contributed by atoms with E-state index in [1.807, 2.05) is 0 Å². The first-order valence-corrected chi connectivity index (χ1v) is 10.4. The maximum atomic E-state index is 12.4. The van der Waals surface area contributed by atoms with Gasteiger partial charge in [-0.2, -0.15) is 0 Å². The zero-order valence-electron chi connectivity index (χ0n) is 15.5. The van der Waals surface area contributed by atoms with Crippen LogP contribution in [0.15, 0.2) is 0 Å². The first-order chi connectivity index (χ1) is 12.4. The van der Waals surface area contributed by atoms with Crippen LogP contribution < -0.4 is 0 Å². The number of ketones is 2. The molecule has 5 heteroatoms. The molecule has 1 saturated heterocycles. The van der Waals surface area contributed by atoms with Gasteiger partial charge in [-0.25, -0.2) is 0 Å². The molecule has 0 amide bonds. The molecule has 2 unspecified atom stereocenters. The SMILES string of the molecule is C[C@]12CCC(=O)C[C@H]1CC[C@@H]1[C@@H]2[C@H]2CC3(C(O)O2)[C@@H](C(=O)CO)CC[C@@H]13. The second kappa shape index (κ2) is 5.62. The van der Waals surface area contributed by atoms with Gasteiger partial charge in [0.05, 0.1) is 6.10 Å². The van der Waals surface area contributed by atoms with Gasteiger partial charge in [0.2, 0.25) is 0 Å². The van der Waals surface area contributed by atoms with Crippen molar-refractivity contribution in [3.8, 4) is 0 Å². The molecule has 5 nitrogen and oxygen atoms in total. The van der Waals surface area contributed by atoms with Crippen molar-refractivity contribution in [1.29, 1.82) is 0 Å². The van der Waals surface area contributed by atoms with Crippen molar-refractivity contribution in [3.05, 3.63) is 0 Å². The van der Waals surface area contributed by atoms with Crippen LogP contribution in [0.5, 0.6) is 0 Å². The van der Waals surface area contributed by atoms with Crippen LogP contribution in [0.1, 0.15) is 58.3 Å². The number of fused-ring (bicyclic) bond motifs is 6. The Bertz CT molecular complexity index is 646. The minimum absolute atomic E-state index is 0.0145. The third-order valence-corrected chi connectivity index (χ3v) is 9.31. The Hall–Kier alpha value is -0.780. The third-order valence-electron chi connectivity index (χ3n) is 9.31. The topological polar surface area (TPSA) is 83.8 Å². The number of carbonyl (C=O) groups excluding carboxylic acids is 2. The molecule has 2 bridgehead atoms. The fourth-order valence-corrected chi connectivity index (χ4v) is 8.28. The van der Waals surface area contributed by atoms with Crippen molar-refractivity contribution in [2.45, 2.75) is 70.7 Å². The molecule has 26 heavy (non-hydrogen) atoms. The summed E-state index contributed by atoms with van der Waals surface area (Å²) in [4.78, 5) is 24.5. The molecule has 0 aromatic rings. The predicted molar refractivity (Wildman–Crippen MR) is 92.9 cm³/mol. The summed E-state index contributed by atoms with van der Waals surface area (Å²) in [7, 11) is 0. The summed E-state index contributed by atoms with van der Waals surface area (Å²) in [6.07, 6.45) is 6.03. The lowest BCUT2D eigenvalue weighted by molar-refractivity contribution is -0.162. The molecule has 9 atom stereocenters. The smallest absolute Gasteiger partial charge is 0.162 e. The van der Waals surface area contributed by atoms with E-state index in [-0.39, 0.29) is 23.2 Å². The summed E-state index contributed by atoms with van der Waals surface area (Å²) in [6.45, 7) is 1.92. The van der Waals surface area contributed by atoms with E-state index in [1.165, 1.54) is 0 Å². The highest BCUT2D eigenvalue weighted by Crippen LogP contribution is 2.71. The van der Waals surface area contributed by atoms with Crippen LogP contribution in [0.25, 0.3) is 0 Å². The molecule has 5 aliphatic rings. The third kappa shape index (κ3) is 1.97. The van der Waals surface area contributed by atoms with E-state index in [0.717, 1.165) is 38.5 Å². The van der Waals surface area contributed by atoms with E-state index in [2.05, 4.69) is 6.92 Å². The number of aliphatic hydroxyl groups is 2. The Labute approximate surface area is 154 Å². The van der Waals surface area contributed by atoms with Gasteiger partial charge in [-0.1, -0.05) is 6.92 Å². The van der Waals surface area contributed by atoms with Crippen molar-refractivity contribution in [3.63, 3.8) is 0 Å². The molecule has 1 spiro atoms. The van der Waals surface area contributed by atoms with Gasteiger partial charge in [-0.05, 0) is 67.6 Å². The van der Waals surface area contributed by atoms with Crippen molar-refractivity contribution >= 4 is 11.6 Å². The largest absolute Gasteiger partial charge is 0.389 e. The minimum atomic E-state index is -0.890. The second-order valence-corrected chi connectivity index (χ2v) is 9.92. The average molecular weight is 362 g/mol. The molecule has 4 saturated carbocycles. The molecule has 1 aliphatic heterocycles. The van der Waals surface area contributed by atoms with Crippen molar-refractivity contribution < 1.29 is 24.5 Å². The van der Waals surface area contributed by atoms with Crippen LogP contribution in [-0.4, -0.2) is 40.8 Å². The van der Waals surface area contributed by atoms with Crippen molar-refractivity contribution in [2.24, 2.45) is 40.4 Å². The zero-order valence-corrected chi connectivity index (χ0v) is 15.5. The van der Waals surface area contributed by atoms with Crippen LogP contribution >= 0.6 is 0 Å². The maximum absolute atomic E-state index is 12.4. The molecule has 0 radical (unpaired) electrons. The Morgan fingerprint density at radius 1 is 1.27 bits per heavy atom. The lowest BCUT2D eigenvalue weighted by Gasteiger charge is -2.59. The molecule has 1 heterocycles. The van der Waals surface area contributed by atoms with E-state index < -0.39 is 18.3 Å². The first-order valence-electron chi connectivity index (χ1n) is 10.4. The summed E-state index contributed by atoms with van der Waals surface area (Å²) >= 11 is 0. The number of hydrogen-bond donors (Lipinski definition) is 2. The van der Waals surface area contributed by atoms with Gasteiger partial charge in [-0.15, -0.1) is 0 Å². The average Bonchev–Trinajstić information content (AvgIpc) is 3.14. The molecule has 0 aromatic carbocycles. The van der Waals surface area contributed by atoms with Crippen LogP contribution in [0.2, 0.25) is 0 Å². The highest BCUT2D eigenvalue weighted by Gasteiger charge is 2.71. The summed E-state index contributed by atoms with van der Waals surface area (Å²) < 4.78 is 6.16. The lowest BCUT2D eigenvalue weighted by Crippen LogP contribution is -2.57. The molecular formula is C21H30O5. The molecule has 144 valence electrons. The Morgan fingerprint density at radius 3 is 2.85 bits per heavy atom. The van der Waals surface area contributed by atoms with Crippen LogP contribution in [0.4, 0.5) is 0 Å². The zero-order chi connectivity index (χ0) is 18.3. The minimum Gasteiger partial charge on any atom is -0.389 e.